The van der Waals surface area contributed by atoms with Crippen LogP contribution in [-0.4, -0.2) is 33.2 Å². The van der Waals surface area contributed by atoms with Crippen LogP contribution in [-0.2, 0) is 21.4 Å². The number of amides is 1. The van der Waals surface area contributed by atoms with Crippen LogP contribution in [0.3, 0.4) is 0 Å². The monoisotopic (exact) mass is 502 g/mol. The zero-order chi connectivity index (χ0) is 20.0. The van der Waals surface area contributed by atoms with E-state index in [-0.39, 0.29) is 18.6 Å². The molecule has 0 bridgehead atoms. The first-order valence-electron chi connectivity index (χ1n) is 8.41. The highest BCUT2D eigenvalue weighted by atomic mass is 127. The number of anilines is 1. The fraction of sp³-hybridized carbons (Fsp3) is 0.316. The normalized spacial score (nSPS) is 11.3. The lowest BCUT2D eigenvalue weighted by molar-refractivity contribution is -0.119. The van der Waals surface area contributed by atoms with Gasteiger partial charge in [-0.1, -0.05) is 12.1 Å². The van der Waals surface area contributed by atoms with Crippen LogP contribution < -0.4 is 14.4 Å². The highest BCUT2D eigenvalue weighted by Gasteiger charge is 2.20. The van der Waals surface area contributed by atoms with Crippen molar-refractivity contribution in [3.05, 3.63) is 57.7 Å². The maximum atomic E-state index is 12.3. The highest BCUT2D eigenvalue weighted by molar-refractivity contribution is 14.1. The molecule has 2 rings (SSSR count). The molecule has 0 heterocycles. The predicted molar refractivity (Wildman–Crippen MR) is 115 cm³/mol. The second-order valence-electron chi connectivity index (χ2n) is 6.33. The van der Waals surface area contributed by atoms with E-state index in [1.54, 1.807) is 24.3 Å². The van der Waals surface area contributed by atoms with Gasteiger partial charge in [-0.25, -0.2) is 8.42 Å². The molecule has 0 fully saturated rings. The molecule has 27 heavy (non-hydrogen) atoms. The number of hydrogen-bond donors (Lipinski definition) is 1. The Bertz CT molecular complexity index is 866. The molecule has 0 aliphatic carbocycles. The van der Waals surface area contributed by atoms with Crippen molar-refractivity contribution in [1.82, 2.24) is 5.32 Å². The number of carbonyl (C=O) groups excluding carboxylic acids is 1. The van der Waals surface area contributed by atoms with E-state index in [9.17, 15) is 13.2 Å². The van der Waals surface area contributed by atoms with Gasteiger partial charge < -0.3 is 10.1 Å². The standard InChI is InChI=1S/C19H23IN2O4S/c1-14(2)26-18-10-4-15(5-11-18)12-21-19(23)13-22(27(3,24)25)17-8-6-16(20)7-9-17/h4-11,14H,12-13H2,1-3H3,(H,21,23). The van der Waals surface area contributed by atoms with Crippen LogP contribution in [0.2, 0.25) is 0 Å². The number of nitrogens with one attached hydrogen (secondary N) is 1. The van der Waals surface area contributed by atoms with Gasteiger partial charge in [-0.15, -0.1) is 0 Å². The quantitative estimate of drug-likeness (QED) is 0.563. The summed E-state index contributed by atoms with van der Waals surface area (Å²) < 4.78 is 31.8. The third-order valence-electron chi connectivity index (χ3n) is 3.59. The lowest BCUT2D eigenvalue weighted by Crippen LogP contribution is -2.40. The van der Waals surface area contributed by atoms with Gasteiger partial charge in [-0.05, 0) is 78.4 Å². The Morgan fingerprint density at radius 1 is 1.11 bits per heavy atom. The molecular formula is C19H23IN2O4S. The number of halogens is 1. The highest BCUT2D eigenvalue weighted by Crippen LogP contribution is 2.19. The van der Waals surface area contributed by atoms with E-state index in [1.807, 2.05) is 38.1 Å². The first-order chi connectivity index (χ1) is 12.6. The summed E-state index contributed by atoms with van der Waals surface area (Å²) in [6.45, 7) is 3.95. The molecule has 6 nitrogen and oxygen atoms in total. The van der Waals surface area contributed by atoms with E-state index in [1.165, 1.54) is 0 Å². The van der Waals surface area contributed by atoms with Crippen molar-refractivity contribution >= 4 is 44.2 Å². The van der Waals surface area contributed by atoms with E-state index < -0.39 is 10.0 Å². The third kappa shape index (κ3) is 7.02. The Balaban J connectivity index is 1.98. The van der Waals surface area contributed by atoms with Crippen LogP contribution in [0.15, 0.2) is 48.5 Å². The zero-order valence-electron chi connectivity index (χ0n) is 15.5. The van der Waals surface area contributed by atoms with Crippen molar-refractivity contribution in [1.29, 1.82) is 0 Å². The minimum atomic E-state index is -3.57. The Morgan fingerprint density at radius 3 is 2.22 bits per heavy atom. The van der Waals surface area contributed by atoms with Crippen molar-refractivity contribution < 1.29 is 17.9 Å². The summed E-state index contributed by atoms with van der Waals surface area (Å²) >= 11 is 2.14. The van der Waals surface area contributed by atoms with Crippen LogP contribution in [0.1, 0.15) is 19.4 Å². The van der Waals surface area contributed by atoms with Gasteiger partial charge in [0.05, 0.1) is 18.0 Å². The predicted octanol–water partition coefficient (Wildman–Crippen LogP) is 3.16. The number of benzene rings is 2. The smallest absolute Gasteiger partial charge is 0.241 e. The Kier molecular flexibility index (Phi) is 7.49. The Labute approximate surface area is 174 Å². The van der Waals surface area contributed by atoms with Crippen molar-refractivity contribution in [2.75, 3.05) is 17.1 Å². The van der Waals surface area contributed by atoms with Gasteiger partial charge in [0.25, 0.3) is 0 Å². The minimum absolute atomic E-state index is 0.0961. The molecule has 146 valence electrons. The first-order valence-corrected chi connectivity index (χ1v) is 11.3. The molecule has 8 heteroatoms. The van der Waals surface area contributed by atoms with Crippen LogP contribution in [0.25, 0.3) is 0 Å². The molecule has 2 aromatic rings. The second kappa shape index (κ2) is 9.41. The van der Waals surface area contributed by atoms with Crippen LogP contribution in [0.4, 0.5) is 5.69 Å². The van der Waals surface area contributed by atoms with Crippen molar-refractivity contribution in [3.63, 3.8) is 0 Å². The molecule has 0 aliphatic heterocycles. The molecule has 0 atom stereocenters. The van der Waals surface area contributed by atoms with Gasteiger partial charge >= 0.3 is 0 Å². The summed E-state index contributed by atoms with van der Waals surface area (Å²) in [5.74, 6) is 0.392. The van der Waals surface area contributed by atoms with Gasteiger partial charge in [-0.3, -0.25) is 9.10 Å². The fourth-order valence-corrected chi connectivity index (χ4v) is 3.57. The van der Waals surface area contributed by atoms with Gasteiger partial charge in [-0.2, -0.15) is 0 Å². The molecule has 0 aliphatic rings. The fourth-order valence-electron chi connectivity index (χ4n) is 2.35. The Morgan fingerprint density at radius 2 is 1.70 bits per heavy atom. The number of ether oxygens (including phenoxy) is 1. The maximum Gasteiger partial charge on any atom is 0.241 e. The number of sulfonamides is 1. The van der Waals surface area contributed by atoms with E-state index >= 15 is 0 Å². The van der Waals surface area contributed by atoms with Gasteiger partial charge in [0, 0.05) is 10.1 Å². The number of rotatable bonds is 8. The summed E-state index contributed by atoms with van der Waals surface area (Å²) in [5, 5.41) is 2.76. The summed E-state index contributed by atoms with van der Waals surface area (Å²) in [5.41, 5.74) is 1.36. The van der Waals surface area contributed by atoms with Gasteiger partial charge in [0.2, 0.25) is 15.9 Å². The molecule has 0 aromatic heterocycles. The van der Waals surface area contributed by atoms with Crippen LogP contribution >= 0.6 is 22.6 Å². The van der Waals surface area contributed by atoms with E-state index in [4.69, 9.17) is 4.74 Å². The summed E-state index contributed by atoms with van der Waals surface area (Å²) in [7, 11) is -3.57. The molecule has 0 saturated carbocycles. The average Bonchev–Trinajstić information content (AvgIpc) is 2.58. The largest absolute Gasteiger partial charge is 0.491 e. The van der Waals surface area contributed by atoms with E-state index in [0.29, 0.717) is 12.2 Å². The summed E-state index contributed by atoms with van der Waals surface area (Å²) in [6, 6.07) is 14.4. The first kappa shape index (κ1) is 21.5. The number of nitrogens with zero attached hydrogens (tertiary/aromatic N) is 1. The molecule has 0 radical (unpaired) electrons. The van der Waals surface area contributed by atoms with Gasteiger partial charge in [0.1, 0.15) is 12.3 Å². The molecular weight excluding hydrogens is 479 g/mol. The molecule has 2 aromatic carbocycles. The molecule has 0 unspecified atom stereocenters. The molecule has 1 N–H and O–H groups in total. The minimum Gasteiger partial charge on any atom is -0.491 e. The summed E-state index contributed by atoms with van der Waals surface area (Å²) in [4.78, 5) is 12.3. The van der Waals surface area contributed by atoms with Crippen LogP contribution in [0, 0.1) is 3.57 Å². The topological polar surface area (TPSA) is 75.7 Å². The molecule has 0 saturated heterocycles. The summed E-state index contributed by atoms with van der Waals surface area (Å²) in [6.07, 6.45) is 1.19. The molecule has 0 spiro atoms. The van der Waals surface area contributed by atoms with Crippen LogP contribution in [0.5, 0.6) is 5.75 Å². The number of hydrogen-bond acceptors (Lipinski definition) is 4. The second-order valence-corrected chi connectivity index (χ2v) is 9.49. The van der Waals surface area contributed by atoms with Gasteiger partial charge in [0.15, 0.2) is 0 Å². The maximum absolute atomic E-state index is 12.3. The lowest BCUT2D eigenvalue weighted by Gasteiger charge is -2.22. The van der Waals surface area contributed by atoms with Crippen molar-refractivity contribution in [2.45, 2.75) is 26.5 Å². The Hall–Kier alpha value is -1.81. The average molecular weight is 502 g/mol. The van der Waals surface area contributed by atoms with E-state index in [2.05, 4.69) is 27.9 Å². The van der Waals surface area contributed by atoms with Crippen molar-refractivity contribution in [3.8, 4) is 5.75 Å². The third-order valence-corrected chi connectivity index (χ3v) is 5.45. The zero-order valence-corrected chi connectivity index (χ0v) is 18.5. The van der Waals surface area contributed by atoms with Crippen molar-refractivity contribution in [2.24, 2.45) is 0 Å². The lowest BCUT2D eigenvalue weighted by atomic mass is 10.2. The van der Waals surface area contributed by atoms with E-state index in [0.717, 1.165) is 25.4 Å². The number of carbonyl (C=O) groups is 1. The SMILES string of the molecule is CC(C)Oc1ccc(CNC(=O)CN(c2ccc(I)cc2)S(C)(=O)=O)cc1. The molecule has 1 amide bonds.